The summed E-state index contributed by atoms with van der Waals surface area (Å²) in [5.74, 6) is 0.0148. The zero-order valence-corrected chi connectivity index (χ0v) is 15.9. The molecule has 0 aromatic heterocycles. The van der Waals surface area contributed by atoms with E-state index < -0.39 is 10.0 Å². The molecule has 1 atom stereocenters. The number of hydrogen-bond acceptors (Lipinski definition) is 3. The third-order valence-corrected chi connectivity index (χ3v) is 6.58. The fourth-order valence-corrected chi connectivity index (χ4v) is 4.94. The Hall–Kier alpha value is -2.34. The maximum Gasteiger partial charge on any atom is 0.251 e. The second kappa shape index (κ2) is 7.50. The summed E-state index contributed by atoms with van der Waals surface area (Å²) in [5.41, 5.74) is 3.02. The van der Waals surface area contributed by atoms with Crippen LogP contribution >= 0.6 is 0 Å². The first-order valence-electron chi connectivity index (χ1n) is 8.85. The summed E-state index contributed by atoms with van der Waals surface area (Å²) in [4.78, 5) is 12.6. The topological polar surface area (TPSA) is 66.5 Å². The molecule has 0 aliphatic carbocycles. The van der Waals surface area contributed by atoms with Gasteiger partial charge < -0.3 is 5.32 Å². The highest BCUT2D eigenvalue weighted by atomic mass is 32.2. The number of nitrogens with one attached hydrogen (secondary N) is 1. The van der Waals surface area contributed by atoms with Gasteiger partial charge in [0.05, 0.1) is 17.5 Å². The third-order valence-electron chi connectivity index (χ3n) is 4.72. The van der Waals surface area contributed by atoms with Crippen molar-refractivity contribution in [3.63, 3.8) is 0 Å². The minimum absolute atomic E-state index is 0.105. The highest BCUT2D eigenvalue weighted by Gasteiger charge is 2.27. The van der Waals surface area contributed by atoms with Crippen LogP contribution in [-0.4, -0.2) is 26.6 Å². The van der Waals surface area contributed by atoms with Gasteiger partial charge in [0, 0.05) is 12.1 Å². The number of sulfonamides is 1. The van der Waals surface area contributed by atoms with E-state index in [1.54, 1.807) is 18.2 Å². The van der Waals surface area contributed by atoms with Gasteiger partial charge in [0.1, 0.15) is 0 Å². The molecule has 3 rings (SSSR count). The van der Waals surface area contributed by atoms with Crippen molar-refractivity contribution >= 4 is 21.6 Å². The number of aryl methyl sites for hydroxylation is 1. The predicted molar refractivity (Wildman–Crippen MR) is 104 cm³/mol. The zero-order valence-electron chi connectivity index (χ0n) is 15.1. The standard InChI is InChI=1S/C20H24N2O3S/c1-15-14-18(20(23)21-16(2)17-8-4-3-5-9-17)10-11-19(15)22-12-6-7-13-26(22,24)25/h3-5,8-11,14,16H,6-7,12-13H2,1-2H3,(H,21,23)/t16-/m1/s1. The minimum atomic E-state index is -3.25. The summed E-state index contributed by atoms with van der Waals surface area (Å²) in [6.07, 6.45) is 1.56. The molecule has 0 bridgehead atoms. The average molecular weight is 372 g/mol. The Morgan fingerprint density at radius 2 is 1.85 bits per heavy atom. The van der Waals surface area contributed by atoms with Gasteiger partial charge in [-0.2, -0.15) is 0 Å². The van der Waals surface area contributed by atoms with E-state index in [0.29, 0.717) is 24.2 Å². The molecule has 1 N–H and O–H groups in total. The number of carbonyl (C=O) groups is 1. The summed E-state index contributed by atoms with van der Waals surface area (Å²) in [7, 11) is -3.25. The normalized spacial score (nSPS) is 17.5. The molecule has 2 aromatic carbocycles. The quantitative estimate of drug-likeness (QED) is 0.894. The van der Waals surface area contributed by atoms with E-state index in [-0.39, 0.29) is 17.7 Å². The van der Waals surface area contributed by atoms with Crippen molar-refractivity contribution in [2.75, 3.05) is 16.6 Å². The van der Waals surface area contributed by atoms with E-state index in [2.05, 4.69) is 5.32 Å². The molecule has 1 heterocycles. The van der Waals surface area contributed by atoms with Gasteiger partial charge in [0.2, 0.25) is 10.0 Å². The molecular formula is C20H24N2O3S. The number of rotatable bonds is 4. The van der Waals surface area contributed by atoms with E-state index in [9.17, 15) is 13.2 Å². The Bertz CT molecular complexity index is 895. The molecule has 0 spiro atoms. The smallest absolute Gasteiger partial charge is 0.251 e. The van der Waals surface area contributed by atoms with Gasteiger partial charge in [0.15, 0.2) is 0 Å². The molecule has 2 aromatic rings. The van der Waals surface area contributed by atoms with Crippen molar-refractivity contribution in [3.8, 4) is 0 Å². The predicted octanol–water partition coefficient (Wildman–Crippen LogP) is 3.42. The molecule has 1 aliphatic heterocycles. The van der Waals surface area contributed by atoms with Crippen LogP contribution in [-0.2, 0) is 10.0 Å². The summed E-state index contributed by atoms with van der Waals surface area (Å²) < 4.78 is 26.1. The van der Waals surface area contributed by atoms with Gasteiger partial charge in [-0.15, -0.1) is 0 Å². The van der Waals surface area contributed by atoms with Crippen LogP contribution < -0.4 is 9.62 Å². The lowest BCUT2D eigenvalue weighted by molar-refractivity contribution is 0.0940. The van der Waals surface area contributed by atoms with Gasteiger partial charge in [-0.25, -0.2) is 8.42 Å². The Morgan fingerprint density at radius 3 is 2.50 bits per heavy atom. The average Bonchev–Trinajstić information content (AvgIpc) is 2.62. The first-order valence-corrected chi connectivity index (χ1v) is 10.5. The van der Waals surface area contributed by atoms with Crippen LogP contribution in [0.5, 0.6) is 0 Å². The highest BCUT2D eigenvalue weighted by Crippen LogP contribution is 2.27. The minimum Gasteiger partial charge on any atom is -0.346 e. The van der Waals surface area contributed by atoms with E-state index >= 15 is 0 Å². The van der Waals surface area contributed by atoms with Gasteiger partial charge in [-0.05, 0) is 56.0 Å². The fraction of sp³-hybridized carbons (Fsp3) is 0.350. The number of anilines is 1. The maximum absolute atomic E-state index is 12.6. The van der Waals surface area contributed by atoms with Crippen molar-refractivity contribution in [1.82, 2.24) is 5.32 Å². The Labute approximate surface area is 155 Å². The summed E-state index contributed by atoms with van der Waals surface area (Å²) in [6, 6.07) is 14.8. The zero-order chi connectivity index (χ0) is 18.7. The van der Waals surface area contributed by atoms with Crippen molar-refractivity contribution in [1.29, 1.82) is 0 Å². The van der Waals surface area contributed by atoms with Crippen LogP contribution in [0.4, 0.5) is 5.69 Å². The van der Waals surface area contributed by atoms with E-state index in [4.69, 9.17) is 0 Å². The molecule has 5 nitrogen and oxygen atoms in total. The number of hydrogen-bond donors (Lipinski definition) is 1. The monoisotopic (exact) mass is 372 g/mol. The first kappa shape index (κ1) is 18.5. The van der Waals surface area contributed by atoms with Gasteiger partial charge >= 0.3 is 0 Å². The number of amides is 1. The van der Waals surface area contributed by atoms with Crippen molar-refractivity contribution in [2.45, 2.75) is 32.7 Å². The van der Waals surface area contributed by atoms with Crippen molar-refractivity contribution < 1.29 is 13.2 Å². The number of nitrogens with zero attached hydrogens (tertiary/aromatic N) is 1. The lowest BCUT2D eigenvalue weighted by Crippen LogP contribution is -2.38. The van der Waals surface area contributed by atoms with Gasteiger partial charge in [0.25, 0.3) is 5.91 Å². The molecule has 1 amide bonds. The van der Waals surface area contributed by atoms with Crippen LogP contribution in [0.2, 0.25) is 0 Å². The van der Waals surface area contributed by atoms with E-state index in [1.807, 2.05) is 44.2 Å². The molecule has 26 heavy (non-hydrogen) atoms. The second-order valence-electron chi connectivity index (χ2n) is 6.70. The third kappa shape index (κ3) is 3.90. The summed E-state index contributed by atoms with van der Waals surface area (Å²) in [5, 5.41) is 2.98. The molecule has 1 fully saturated rings. The SMILES string of the molecule is Cc1cc(C(=O)N[C@H](C)c2ccccc2)ccc1N1CCCCS1(=O)=O. The Balaban J connectivity index is 1.78. The Morgan fingerprint density at radius 1 is 1.12 bits per heavy atom. The molecule has 1 aliphatic rings. The highest BCUT2D eigenvalue weighted by molar-refractivity contribution is 7.92. The van der Waals surface area contributed by atoms with Crippen LogP contribution in [0.3, 0.4) is 0 Å². The van der Waals surface area contributed by atoms with Crippen LogP contribution in [0, 0.1) is 6.92 Å². The molecule has 6 heteroatoms. The fourth-order valence-electron chi connectivity index (χ4n) is 3.24. The molecule has 1 saturated heterocycles. The lowest BCUT2D eigenvalue weighted by Gasteiger charge is -2.29. The van der Waals surface area contributed by atoms with Gasteiger partial charge in [-0.3, -0.25) is 9.10 Å². The Kier molecular flexibility index (Phi) is 5.32. The van der Waals surface area contributed by atoms with Crippen LogP contribution in [0.15, 0.2) is 48.5 Å². The van der Waals surface area contributed by atoms with Gasteiger partial charge in [-0.1, -0.05) is 30.3 Å². The summed E-state index contributed by atoms with van der Waals surface area (Å²) >= 11 is 0. The van der Waals surface area contributed by atoms with E-state index in [0.717, 1.165) is 17.5 Å². The largest absolute Gasteiger partial charge is 0.346 e. The number of carbonyl (C=O) groups excluding carboxylic acids is 1. The first-order chi connectivity index (χ1) is 12.4. The molecule has 138 valence electrons. The number of benzene rings is 2. The summed E-state index contributed by atoms with van der Waals surface area (Å²) in [6.45, 7) is 4.28. The molecular weight excluding hydrogens is 348 g/mol. The lowest BCUT2D eigenvalue weighted by atomic mass is 10.1. The second-order valence-corrected chi connectivity index (χ2v) is 8.72. The molecule has 0 radical (unpaired) electrons. The van der Waals surface area contributed by atoms with Crippen molar-refractivity contribution in [2.24, 2.45) is 0 Å². The van der Waals surface area contributed by atoms with Crippen LogP contribution in [0.25, 0.3) is 0 Å². The van der Waals surface area contributed by atoms with Crippen LogP contribution in [0.1, 0.15) is 47.3 Å². The van der Waals surface area contributed by atoms with E-state index in [1.165, 1.54) is 4.31 Å². The molecule has 0 unspecified atom stereocenters. The molecule has 0 saturated carbocycles. The van der Waals surface area contributed by atoms with Crippen molar-refractivity contribution in [3.05, 3.63) is 65.2 Å². The maximum atomic E-state index is 12.6.